The monoisotopic (exact) mass is 568 g/mol. The largest absolute Gasteiger partial charge is 0.471 e. The van der Waals surface area contributed by atoms with Crippen LogP contribution in [0.15, 0.2) is 47.5 Å². The molecular weight excluding hydrogens is 546 g/mol. The van der Waals surface area contributed by atoms with Crippen molar-refractivity contribution >= 4 is 38.9 Å². The molecule has 14 heteroatoms. The van der Waals surface area contributed by atoms with Crippen LogP contribution in [0.4, 0.5) is 20.2 Å². The molecule has 0 aliphatic carbocycles. The second kappa shape index (κ2) is 9.97. The average Bonchev–Trinajstić information content (AvgIpc) is 3.21. The van der Waals surface area contributed by atoms with Gasteiger partial charge in [0.15, 0.2) is 5.02 Å². The van der Waals surface area contributed by atoms with Crippen molar-refractivity contribution in [2.24, 2.45) is 0 Å². The first-order valence-electron chi connectivity index (χ1n) is 11.1. The van der Waals surface area contributed by atoms with Crippen LogP contribution >= 0.6 is 11.6 Å². The molecular formula is C24H23ClF2N4O6S. The molecule has 1 aliphatic rings. The van der Waals surface area contributed by atoms with Gasteiger partial charge < -0.3 is 9.84 Å². The van der Waals surface area contributed by atoms with E-state index in [0.29, 0.717) is 11.6 Å². The zero-order valence-electron chi connectivity index (χ0n) is 20.5. The molecule has 10 nitrogen and oxygen atoms in total. The van der Waals surface area contributed by atoms with E-state index in [0.717, 1.165) is 27.5 Å². The number of fused-ring (bicyclic) bond motifs is 1. The Bertz CT molecular complexity index is 1590. The second-order valence-electron chi connectivity index (χ2n) is 9.19. The van der Waals surface area contributed by atoms with E-state index >= 15 is 0 Å². The van der Waals surface area contributed by atoms with Gasteiger partial charge in [0.1, 0.15) is 36.8 Å². The first-order valence-corrected chi connectivity index (χ1v) is 13.4. The third-order valence-electron chi connectivity index (χ3n) is 5.72. The predicted molar refractivity (Wildman–Crippen MR) is 136 cm³/mol. The first-order chi connectivity index (χ1) is 17.7. The number of amides is 1. The van der Waals surface area contributed by atoms with Gasteiger partial charge in [0, 0.05) is 11.6 Å². The molecule has 1 N–H and O–H groups in total. The van der Waals surface area contributed by atoms with Gasteiger partial charge in [0.2, 0.25) is 15.9 Å². The van der Waals surface area contributed by atoms with E-state index in [1.165, 1.54) is 36.9 Å². The molecule has 1 aromatic heterocycles. The van der Waals surface area contributed by atoms with Gasteiger partial charge in [0.05, 0.1) is 24.2 Å². The minimum Gasteiger partial charge on any atom is -0.471 e. The molecule has 2 heterocycles. The van der Waals surface area contributed by atoms with E-state index in [4.69, 9.17) is 16.3 Å². The topological polar surface area (TPSA) is 122 Å². The number of nitrogens with zero attached hydrogens (tertiary/aromatic N) is 4. The molecule has 2 aromatic carbocycles. The molecule has 3 aromatic rings. The van der Waals surface area contributed by atoms with E-state index < -0.39 is 38.7 Å². The molecule has 0 spiro atoms. The van der Waals surface area contributed by atoms with E-state index in [-0.39, 0.29) is 47.7 Å². The Hall–Kier alpha value is -3.55. The van der Waals surface area contributed by atoms with Crippen molar-refractivity contribution in [3.63, 3.8) is 0 Å². The van der Waals surface area contributed by atoms with E-state index in [9.17, 15) is 31.9 Å². The minimum absolute atomic E-state index is 0.0409. The normalized spacial score (nSPS) is 13.6. The summed E-state index contributed by atoms with van der Waals surface area (Å²) in [5.74, 6) is -2.49. The molecule has 0 unspecified atom stereocenters. The Morgan fingerprint density at radius 1 is 1.18 bits per heavy atom. The number of aromatic nitrogens is 2. The number of rotatable bonds is 7. The fraction of sp³-hybridized carbons (Fsp3) is 0.292. The molecule has 0 bridgehead atoms. The van der Waals surface area contributed by atoms with Gasteiger partial charge in [-0.1, -0.05) is 17.7 Å². The van der Waals surface area contributed by atoms with Crippen LogP contribution in [0.2, 0.25) is 5.02 Å². The number of hydrogen-bond donors (Lipinski definition) is 1. The fourth-order valence-corrected chi connectivity index (χ4v) is 4.85. The fourth-order valence-electron chi connectivity index (χ4n) is 3.81. The average molecular weight is 569 g/mol. The van der Waals surface area contributed by atoms with Crippen LogP contribution in [0.5, 0.6) is 5.88 Å². The van der Waals surface area contributed by atoms with E-state index in [1.807, 2.05) is 0 Å². The summed E-state index contributed by atoms with van der Waals surface area (Å²) in [6.45, 7) is 1.91. The summed E-state index contributed by atoms with van der Waals surface area (Å²) >= 11 is 6.14. The molecule has 1 aliphatic heterocycles. The maximum atomic E-state index is 13.8. The summed E-state index contributed by atoms with van der Waals surface area (Å²) in [6.07, 6.45) is 2.16. The number of anilines is 2. The Kier molecular flexibility index (Phi) is 7.21. The highest BCUT2D eigenvalue weighted by molar-refractivity contribution is 7.92. The SMILES string of the molecule is CC(C)(O)C(=O)N1CN(S(C)(=O)=O)c2cc(Cn3cnc(OCc4ccc(F)cc4F)c(Cl)c3=O)ccc21. The number of carbonyl (C=O) groups is 1. The molecule has 38 heavy (non-hydrogen) atoms. The Morgan fingerprint density at radius 2 is 1.89 bits per heavy atom. The van der Waals surface area contributed by atoms with Crippen LogP contribution in [0.1, 0.15) is 25.0 Å². The van der Waals surface area contributed by atoms with Crippen molar-refractivity contribution in [2.45, 2.75) is 32.6 Å². The zero-order valence-corrected chi connectivity index (χ0v) is 22.1. The number of sulfonamides is 1. The molecule has 202 valence electrons. The van der Waals surface area contributed by atoms with Crippen molar-refractivity contribution in [1.82, 2.24) is 9.55 Å². The van der Waals surface area contributed by atoms with Crippen LogP contribution in [-0.2, 0) is 28.0 Å². The summed E-state index contributed by atoms with van der Waals surface area (Å²) < 4.78 is 59.3. The molecule has 0 atom stereocenters. The molecule has 0 radical (unpaired) electrons. The van der Waals surface area contributed by atoms with Crippen molar-refractivity contribution in [3.05, 3.63) is 80.9 Å². The zero-order chi connectivity index (χ0) is 28.0. The quantitative estimate of drug-likeness (QED) is 0.465. The number of aliphatic hydroxyl groups is 1. The Labute approximate surface area is 221 Å². The lowest BCUT2D eigenvalue weighted by molar-refractivity contribution is -0.133. The standard InChI is InChI=1S/C24H23ClF2N4O6S/c1-24(2,34)23(33)30-13-31(38(3,35)36)19-8-14(4-7-18(19)30)10-29-12-28-21(20(25)22(29)32)37-11-15-5-6-16(26)9-17(15)27/h4-9,12,34H,10-11,13H2,1-3H3. The Balaban J connectivity index is 1.59. The smallest absolute Gasteiger partial charge is 0.276 e. The molecule has 0 fully saturated rings. The van der Waals surface area contributed by atoms with E-state index in [2.05, 4.69) is 4.98 Å². The summed E-state index contributed by atoms with van der Waals surface area (Å²) in [5, 5.41) is 9.79. The molecule has 0 saturated heterocycles. The van der Waals surface area contributed by atoms with Gasteiger partial charge in [-0.25, -0.2) is 26.5 Å². The lowest BCUT2D eigenvalue weighted by Gasteiger charge is -2.25. The summed E-state index contributed by atoms with van der Waals surface area (Å²) in [7, 11) is -3.78. The third-order valence-corrected chi connectivity index (χ3v) is 7.16. The van der Waals surface area contributed by atoms with Crippen molar-refractivity contribution in [1.29, 1.82) is 0 Å². The first kappa shape index (κ1) is 27.5. The molecule has 4 rings (SSSR count). The van der Waals surface area contributed by atoms with Crippen LogP contribution in [0.25, 0.3) is 0 Å². The number of hydrogen-bond acceptors (Lipinski definition) is 7. The van der Waals surface area contributed by atoms with Crippen LogP contribution in [-0.4, -0.2) is 47.5 Å². The van der Waals surface area contributed by atoms with Gasteiger partial charge in [0.25, 0.3) is 11.5 Å². The number of halogens is 3. The molecule has 1 amide bonds. The van der Waals surface area contributed by atoms with Crippen molar-refractivity contribution < 1.29 is 31.8 Å². The Morgan fingerprint density at radius 3 is 2.53 bits per heavy atom. The summed E-state index contributed by atoms with van der Waals surface area (Å²) in [6, 6.07) is 7.59. The predicted octanol–water partition coefficient (Wildman–Crippen LogP) is 2.64. The van der Waals surface area contributed by atoms with Gasteiger partial charge in [-0.05, 0) is 43.7 Å². The van der Waals surface area contributed by atoms with Gasteiger partial charge in [-0.15, -0.1) is 0 Å². The maximum Gasteiger partial charge on any atom is 0.276 e. The molecule has 0 saturated carbocycles. The third kappa shape index (κ3) is 5.49. The van der Waals surface area contributed by atoms with Crippen LogP contribution in [0.3, 0.4) is 0 Å². The lowest BCUT2D eigenvalue weighted by atomic mass is 10.1. The highest BCUT2D eigenvalue weighted by Gasteiger charge is 2.39. The number of ether oxygens (including phenoxy) is 1. The second-order valence-corrected chi connectivity index (χ2v) is 11.5. The van der Waals surface area contributed by atoms with Crippen molar-refractivity contribution in [3.8, 4) is 5.88 Å². The lowest BCUT2D eigenvalue weighted by Crippen LogP contribution is -2.47. The number of benzene rings is 2. The van der Waals surface area contributed by atoms with Crippen LogP contribution in [0, 0.1) is 11.6 Å². The van der Waals surface area contributed by atoms with Gasteiger partial charge in [-0.3, -0.25) is 19.1 Å². The van der Waals surface area contributed by atoms with Gasteiger partial charge in [-0.2, -0.15) is 0 Å². The highest BCUT2D eigenvalue weighted by atomic mass is 35.5. The maximum absolute atomic E-state index is 13.8. The van der Waals surface area contributed by atoms with E-state index in [1.54, 1.807) is 6.07 Å². The van der Waals surface area contributed by atoms with Crippen molar-refractivity contribution in [2.75, 3.05) is 22.1 Å². The van der Waals surface area contributed by atoms with Crippen LogP contribution < -0.4 is 19.5 Å². The highest BCUT2D eigenvalue weighted by Crippen LogP contribution is 2.39. The van der Waals surface area contributed by atoms with Gasteiger partial charge >= 0.3 is 0 Å². The number of carbonyl (C=O) groups excluding carboxylic acids is 1. The summed E-state index contributed by atoms with van der Waals surface area (Å²) in [4.78, 5) is 30.7. The summed E-state index contributed by atoms with van der Waals surface area (Å²) in [5.41, 5.74) is -1.37. The minimum atomic E-state index is -3.78.